The number of aliphatic hydroxyl groups is 1. The topological polar surface area (TPSA) is 54.4 Å². The molecule has 0 saturated heterocycles. The van der Waals surface area contributed by atoms with Crippen LogP contribution in [0.25, 0.3) is 0 Å². The molecule has 0 spiro atoms. The molecule has 2 saturated carbocycles. The molecule has 0 radical (unpaired) electrons. The second kappa shape index (κ2) is 4.34. The molecule has 1 N–H and O–H groups in total. The van der Waals surface area contributed by atoms with Crippen molar-refractivity contribution in [2.24, 2.45) is 17.8 Å². The summed E-state index contributed by atoms with van der Waals surface area (Å²) in [6.45, 7) is 1.68. The Hall–Kier alpha value is -0.220. The Morgan fingerprint density at radius 1 is 1.33 bits per heavy atom. The molecular weight excluding hydrogens is 212 g/mol. The van der Waals surface area contributed by atoms with Gasteiger partial charge in [0.1, 0.15) is 5.78 Å². The van der Waals surface area contributed by atoms with Gasteiger partial charge in [0.2, 0.25) is 0 Å². The van der Waals surface area contributed by atoms with Gasteiger partial charge in [-0.2, -0.15) is 0 Å². The van der Waals surface area contributed by atoms with Gasteiger partial charge in [0.25, 0.3) is 0 Å². The van der Waals surface area contributed by atoms with Crippen LogP contribution in [0.5, 0.6) is 0 Å². The van der Waals surface area contributed by atoms with Crippen LogP contribution in [-0.4, -0.2) is 32.7 Å². The number of aliphatic hydroxyl groups excluding tert-OH is 1. The van der Waals surface area contributed by atoms with E-state index in [9.17, 15) is 9.00 Å². The normalized spacial score (nSPS) is 40.7. The molecule has 2 aliphatic rings. The monoisotopic (exact) mass is 230 g/mol. The molecule has 0 heterocycles. The van der Waals surface area contributed by atoms with Crippen LogP contribution in [0.2, 0.25) is 0 Å². The van der Waals surface area contributed by atoms with Crippen molar-refractivity contribution < 1.29 is 14.1 Å². The molecule has 4 heteroatoms. The number of rotatable bonds is 4. The predicted molar refractivity (Wildman–Crippen MR) is 58.9 cm³/mol. The first kappa shape index (κ1) is 11.3. The van der Waals surface area contributed by atoms with E-state index in [0.717, 1.165) is 19.3 Å². The van der Waals surface area contributed by atoms with E-state index in [1.54, 1.807) is 6.92 Å². The smallest absolute Gasteiger partial charge is 0.133 e. The maximum Gasteiger partial charge on any atom is 0.133 e. The van der Waals surface area contributed by atoms with Gasteiger partial charge < -0.3 is 5.11 Å². The maximum atomic E-state index is 11.8. The van der Waals surface area contributed by atoms with Crippen LogP contribution in [0.4, 0.5) is 0 Å². The molecule has 5 unspecified atom stereocenters. The van der Waals surface area contributed by atoms with Crippen molar-refractivity contribution in [1.82, 2.24) is 0 Å². The van der Waals surface area contributed by atoms with Gasteiger partial charge in [-0.15, -0.1) is 0 Å². The Kier molecular flexibility index (Phi) is 3.26. The van der Waals surface area contributed by atoms with E-state index >= 15 is 0 Å². The van der Waals surface area contributed by atoms with Crippen LogP contribution in [0, 0.1) is 17.8 Å². The van der Waals surface area contributed by atoms with Crippen molar-refractivity contribution in [2.75, 3.05) is 12.4 Å². The third-order valence-electron chi connectivity index (χ3n) is 3.94. The van der Waals surface area contributed by atoms with Crippen molar-refractivity contribution in [2.45, 2.75) is 31.4 Å². The molecule has 86 valence electrons. The lowest BCUT2D eigenvalue weighted by Gasteiger charge is -2.25. The minimum Gasteiger partial charge on any atom is -0.395 e. The van der Waals surface area contributed by atoms with Gasteiger partial charge in [-0.25, -0.2) is 0 Å². The number of hydrogen-bond acceptors (Lipinski definition) is 3. The fourth-order valence-corrected chi connectivity index (χ4v) is 4.88. The molecule has 2 fully saturated rings. The highest BCUT2D eigenvalue weighted by atomic mass is 32.2. The summed E-state index contributed by atoms with van der Waals surface area (Å²) >= 11 is 0. The highest BCUT2D eigenvalue weighted by molar-refractivity contribution is 7.85. The Balaban J connectivity index is 1.97. The van der Waals surface area contributed by atoms with Crippen LogP contribution in [0.15, 0.2) is 0 Å². The van der Waals surface area contributed by atoms with Gasteiger partial charge in [0, 0.05) is 27.7 Å². The van der Waals surface area contributed by atoms with Crippen LogP contribution >= 0.6 is 0 Å². The Bertz CT molecular complexity index is 290. The first-order valence-corrected chi connectivity index (χ1v) is 7.00. The van der Waals surface area contributed by atoms with Crippen molar-refractivity contribution in [3.8, 4) is 0 Å². The number of fused-ring (bicyclic) bond motifs is 2. The maximum absolute atomic E-state index is 11.8. The quantitative estimate of drug-likeness (QED) is 0.774. The third-order valence-corrected chi connectivity index (χ3v) is 5.78. The summed E-state index contributed by atoms with van der Waals surface area (Å²) in [5, 5.41) is 9.01. The largest absolute Gasteiger partial charge is 0.395 e. The predicted octanol–water partition coefficient (Wildman–Crippen LogP) is 0.731. The Morgan fingerprint density at radius 3 is 2.53 bits per heavy atom. The minimum absolute atomic E-state index is 0.0106. The SMILES string of the molecule is CC(=O)C1CC2CC1CC2S(=O)CCO. The van der Waals surface area contributed by atoms with E-state index in [4.69, 9.17) is 5.11 Å². The lowest BCUT2D eigenvalue weighted by molar-refractivity contribution is -0.122. The molecule has 3 nitrogen and oxygen atoms in total. The summed E-state index contributed by atoms with van der Waals surface area (Å²) in [5.74, 6) is 1.88. The molecule has 0 aliphatic heterocycles. The van der Waals surface area contributed by atoms with E-state index in [-0.39, 0.29) is 17.8 Å². The van der Waals surface area contributed by atoms with Crippen LogP contribution in [0.1, 0.15) is 26.2 Å². The van der Waals surface area contributed by atoms with E-state index in [1.165, 1.54) is 0 Å². The average Bonchev–Trinajstić information content (AvgIpc) is 2.76. The van der Waals surface area contributed by atoms with Gasteiger partial charge in [0.05, 0.1) is 6.61 Å². The molecule has 0 aromatic carbocycles. The van der Waals surface area contributed by atoms with Crippen LogP contribution in [0.3, 0.4) is 0 Å². The summed E-state index contributed by atoms with van der Waals surface area (Å²) in [5.41, 5.74) is 0. The van der Waals surface area contributed by atoms with E-state index in [2.05, 4.69) is 0 Å². The van der Waals surface area contributed by atoms with Crippen LogP contribution < -0.4 is 0 Å². The van der Waals surface area contributed by atoms with Crippen LogP contribution in [-0.2, 0) is 15.6 Å². The van der Waals surface area contributed by atoms with Crippen molar-refractivity contribution in [3.05, 3.63) is 0 Å². The summed E-state index contributed by atoms with van der Waals surface area (Å²) in [6.07, 6.45) is 2.94. The Morgan fingerprint density at radius 2 is 2.07 bits per heavy atom. The van der Waals surface area contributed by atoms with Gasteiger partial charge in [-0.3, -0.25) is 9.00 Å². The summed E-state index contributed by atoms with van der Waals surface area (Å²) in [6, 6.07) is 0. The zero-order valence-electron chi connectivity index (χ0n) is 9.02. The fourth-order valence-electron chi connectivity index (χ4n) is 3.28. The molecule has 2 rings (SSSR count). The molecule has 15 heavy (non-hydrogen) atoms. The van der Waals surface area contributed by atoms with Gasteiger partial charge in [-0.05, 0) is 38.0 Å². The lowest BCUT2D eigenvalue weighted by atomic mass is 9.86. The molecule has 0 aromatic rings. The van der Waals surface area contributed by atoms with E-state index in [1.807, 2.05) is 0 Å². The lowest BCUT2D eigenvalue weighted by Crippen LogP contribution is -2.30. The highest BCUT2D eigenvalue weighted by Crippen LogP contribution is 2.50. The number of carbonyl (C=O) groups excluding carboxylic acids is 1. The van der Waals surface area contributed by atoms with E-state index < -0.39 is 10.8 Å². The van der Waals surface area contributed by atoms with Crippen molar-refractivity contribution in [1.29, 1.82) is 0 Å². The van der Waals surface area contributed by atoms with Crippen molar-refractivity contribution in [3.63, 3.8) is 0 Å². The molecular formula is C11H18O3S. The molecule has 2 bridgehead atoms. The van der Waals surface area contributed by atoms with Gasteiger partial charge >= 0.3 is 0 Å². The zero-order chi connectivity index (χ0) is 11.0. The van der Waals surface area contributed by atoms with Gasteiger partial charge in [0.15, 0.2) is 0 Å². The van der Waals surface area contributed by atoms with Gasteiger partial charge in [-0.1, -0.05) is 0 Å². The molecule has 0 amide bonds. The Labute approximate surface area is 92.7 Å². The first-order valence-electron chi connectivity index (χ1n) is 5.62. The third kappa shape index (κ3) is 2.02. The second-order valence-corrected chi connectivity index (χ2v) is 6.57. The minimum atomic E-state index is -0.884. The number of Topliss-reactive ketones (excluding diaryl/α,β-unsaturated/α-hetero) is 1. The van der Waals surface area contributed by atoms with E-state index in [0.29, 0.717) is 23.4 Å². The summed E-state index contributed by atoms with van der Waals surface area (Å²) in [7, 11) is -0.884. The second-order valence-electron chi connectivity index (χ2n) is 4.79. The zero-order valence-corrected chi connectivity index (χ0v) is 9.83. The summed E-state index contributed by atoms with van der Waals surface area (Å²) < 4.78 is 11.8. The molecule has 5 atom stereocenters. The first-order chi connectivity index (χ1) is 7.13. The number of carbonyl (C=O) groups is 1. The number of hydrogen-bond donors (Lipinski definition) is 1. The molecule has 0 aromatic heterocycles. The number of ketones is 1. The average molecular weight is 230 g/mol. The highest BCUT2D eigenvalue weighted by Gasteiger charge is 2.49. The van der Waals surface area contributed by atoms with Crippen molar-refractivity contribution >= 4 is 16.6 Å². The fraction of sp³-hybridized carbons (Fsp3) is 0.909. The summed E-state index contributed by atoms with van der Waals surface area (Å²) in [4.78, 5) is 11.3. The molecule has 2 aliphatic carbocycles. The standard InChI is InChI=1S/C11H18O3S/c1-7(13)10-5-9-4-8(10)6-11(9)15(14)3-2-12/h8-12H,2-6H2,1H3.